The van der Waals surface area contributed by atoms with Gasteiger partial charge in [-0.1, -0.05) is 55.3 Å². The number of nitrogens with zero attached hydrogens (tertiary/aromatic N) is 1. The molecule has 2 N–H and O–H groups in total. The molecule has 2 saturated heterocycles. The topological polar surface area (TPSA) is 61.4 Å². The number of benzene rings is 2. The van der Waals surface area contributed by atoms with Gasteiger partial charge in [-0.15, -0.1) is 0 Å². The summed E-state index contributed by atoms with van der Waals surface area (Å²) < 4.78 is 0. The van der Waals surface area contributed by atoms with Crippen LogP contribution < -0.4 is 10.9 Å². The van der Waals surface area contributed by atoms with Crippen LogP contribution >= 0.6 is 0 Å². The van der Waals surface area contributed by atoms with Gasteiger partial charge in [0.15, 0.2) is 0 Å². The van der Waals surface area contributed by atoms with Crippen molar-refractivity contribution < 1.29 is 9.59 Å². The predicted molar refractivity (Wildman–Crippen MR) is 125 cm³/mol. The van der Waals surface area contributed by atoms with E-state index in [-0.39, 0.29) is 23.8 Å². The van der Waals surface area contributed by atoms with Gasteiger partial charge in [0.05, 0.1) is 0 Å². The van der Waals surface area contributed by atoms with E-state index < -0.39 is 0 Å². The fourth-order valence-corrected chi connectivity index (χ4v) is 5.94. The van der Waals surface area contributed by atoms with Crippen molar-refractivity contribution in [3.05, 3.63) is 71.3 Å². The van der Waals surface area contributed by atoms with E-state index in [1.165, 1.54) is 12.0 Å². The number of likely N-dealkylation sites (tertiary alicyclic amines) is 1. The standard InChI is InChI=1S/C27H33N3O2/c31-26-24-12-5-4-11-23(24)25(28-29-26)18-19-7-6-10-22(17-19)27(32)30-15-13-21(14-16-30)20-8-2-1-3-9-20/h1-3,6-10,17,21,23-25,28H,4-5,11-16,18H2,(H,29,31). The van der Waals surface area contributed by atoms with Crippen molar-refractivity contribution in [3.63, 3.8) is 0 Å². The molecule has 0 bridgehead atoms. The maximum absolute atomic E-state index is 13.2. The number of piperidine rings is 1. The Labute approximate surface area is 190 Å². The number of fused-ring (bicyclic) bond motifs is 1. The number of hydrazine groups is 1. The molecule has 168 valence electrons. The largest absolute Gasteiger partial charge is 0.339 e. The minimum atomic E-state index is 0.130. The molecule has 2 amide bonds. The van der Waals surface area contributed by atoms with E-state index in [1.54, 1.807) is 0 Å². The van der Waals surface area contributed by atoms with E-state index >= 15 is 0 Å². The number of carbonyl (C=O) groups is 2. The van der Waals surface area contributed by atoms with Gasteiger partial charge in [0.2, 0.25) is 5.91 Å². The molecule has 5 nitrogen and oxygen atoms in total. The van der Waals surface area contributed by atoms with E-state index in [2.05, 4.69) is 53.3 Å². The van der Waals surface area contributed by atoms with E-state index in [0.717, 1.165) is 62.7 Å². The summed E-state index contributed by atoms with van der Waals surface area (Å²) in [5, 5.41) is 0. The van der Waals surface area contributed by atoms with Crippen molar-refractivity contribution in [1.29, 1.82) is 0 Å². The quantitative estimate of drug-likeness (QED) is 0.768. The zero-order valence-electron chi connectivity index (χ0n) is 18.6. The van der Waals surface area contributed by atoms with Gasteiger partial charge in [-0.2, -0.15) is 0 Å². The van der Waals surface area contributed by atoms with Crippen molar-refractivity contribution in [2.75, 3.05) is 13.1 Å². The van der Waals surface area contributed by atoms with Crippen LogP contribution in [-0.4, -0.2) is 35.8 Å². The first kappa shape index (κ1) is 21.2. The van der Waals surface area contributed by atoms with Crippen molar-refractivity contribution in [3.8, 4) is 0 Å². The average molecular weight is 432 g/mol. The van der Waals surface area contributed by atoms with Crippen LogP contribution in [0.25, 0.3) is 0 Å². The summed E-state index contributed by atoms with van der Waals surface area (Å²) >= 11 is 0. The second kappa shape index (κ2) is 9.45. The fraction of sp³-hybridized carbons (Fsp3) is 0.481. The third kappa shape index (κ3) is 4.44. The maximum atomic E-state index is 13.2. The molecule has 3 unspecified atom stereocenters. The van der Waals surface area contributed by atoms with Crippen molar-refractivity contribution in [1.82, 2.24) is 15.8 Å². The first-order valence-electron chi connectivity index (χ1n) is 12.2. The Morgan fingerprint density at radius 2 is 1.72 bits per heavy atom. The highest BCUT2D eigenvalue weighted by Crippen LogP contribution is 2.35. The van der Waals surface area contributed by atoms with Gasteiger partial charge < -0.3 is 4.90 Å². The molecule has 0 aromatic heterocycles. The minimum Gasteiger partial charge on any atom is -0.339 e. The third-order valence-electron chi connectivity index (χ3n) is 7.74. The molecular weight excluding hydrogens is 398 g/mol. The van der Waals surface area contributed by atoms with Crippen LogP contribution in [0.2, 0.25) is 0 Å². The Hall–Kier alpha value is -2.66. The first-order chi connectivity index (χ1) is 15.7. The molecule has 0 spiro atoms. The molecule has 1 aliphatic carbocycles. The van der Waals surface area contributed by atoms with Gasteiger partial charge in [0, 0.05) is 30.6 Å². The van der Waals surface area contributed by atoms with Crippen molar-refractivity contribution in [2.24, 2.45) is 11.8 Å². The summed E-state index contributed by atoms with van der Waals surface area (Å²) in [6.07, 6.45) is 7.31. The normalized spacial score (nSPS) is 26.3. The number of nitrogens with one attached hydrogen (secondary N) is 2. The summed E-state index contributed by atoms with van der Waals surface area (Å²) in [7, 11) is 0. The molecule has 5 rings (SSSR count). The van der Waals surface area contributed by atoms with Gasteiger partial charge in [-0.25, -0.2) is 5.43 Å². The highest BCUT2D eigenvalue weighted by atomic mass is 16.2. The van der Waals surface area contributed by atoms with Crippen LogP contribution in [0.3, 0.4) is 0 Å². The Kier molecular flexibility index (Phi) is 6.26. The highest BCUT2D eigenvalue weighted by molar-refractivity contribution is 5.94. The second-order valence-electron chi connectivity index (χ2n) is 9.68. The molecule has 1 saturated carbocycles. The van der Waals surface area contributed by atoms with Gasteiger partial charge in [0.1, 0.15) is 0 Å². The molecule has 32 heavy (non-hydrogen) atoms. The van der Waals surface area contributed by atoms with Crippen LogP contribution in [-0.2, 0) is 11.2 Å². The van der Waals surface area contributed by atoms with Crippen LogP contribution in [0.15, 0.2) is 54.6 Å². The molecule has 2 aromatic carbocycles. The Morgan fingerprint density at radius 3 is 2.53 bits per heavy atom. The zero-order chi connectivity index (χ0) is 21.9. The predicted octanol–water partition coefficient (Wildman–Crippen LogP) is 4.06. The second-order valence-corrected chi connectivity index (χ2v) is 9.68. The lowest BCUT2D eigenvalue weighted by atomic mass is 9.72. The van der Waals surface area contributed by atoms with Gasteiger partial charge in [0.25, 0.3) is 5.91 Å². The SMILES string of the molecule is O=C1NNC(Cc2cccc(C(=O)N3CCC(c4ccccc4)CC3)c2)C2CCCCC12. The van der Waals surface area contributed by atoms with Crippen molar-refractivity contribution in [2.45, 2.75) is 56.9 Å². The summed E-state index contributed by atoms with van der Waals surface area (Å²) in [5.41, 5.74) is 9.47. The van der Waals surface area contributed by atoms with Gasteiger partial charge >= 0.3 is 0 Å². The monoisotopic (exact) mass is 431 g/mol. The molecule has 3 aliphatic rings. The molecule has 2 aromatic rings. The lowest BCUT2D eigenvalue weighted by Crippen LogP contribution is -2.60. The molecule has 0 radical (unpaired) electrons. The lowest BCUT2D eigenvalue weighted by molar-refractivity contribution is -0.133. The van der Waals surface area contributed by atoms with Gasteiger partial charge in [-0.3, -0.25) is 15.0 Å². The average Bonchev–Trinajstić information content (AvgIpc) is 2.86. The third-order valence-corrected chi connectivity index (χ3v) is 7.74. The molecule has 5 heteroatoms. The molecule has 2 heterocycles. The first-order valence-corrected chi connectivity index (χ1v) is 12.2. The van der Waals surface area contributed by atoms with Crippen LogP contribution in [0, 0.1) is 11.8 Å². The highest BCUT2D eigenvalue weighted by Gasteiger charge is 2.39. The Bertz CT molecular complexity index is 952. The van der Waals surface area contributed by atoms with E-state index in [4.69, 9.17) is 0 Å². The number of hydrogen-bond acceptors (Lipinski definition) is 3. The molecular formula is C27H33N3O2. The fourth-order valence-electron chi connectivity index (χ4n) is 5.94. The number of hydrogen-bond donors (Lipinski definition) is 2. The molecule has 2 aliphatic heterocycles. The van der Waals surface area contributed by atoms with Crippen molar-refractivity contribution >= 4 is 11.8 Å². The summed E-state index contributed by atoms with van der Waals surface area (Å²) in [6.45, 7) is 1.62. The number of rotatable bonds is 4. The van der Waals surface area contributed by atoms with Crippen LogP contribution in [0.4, 0.5) is 0 Å². The summed E-state index contributed by atoms with van der Waals surface area (Å²) in [5.74, 6) is 1.34. The van der Waals surface area contributed by atoms with Crippen LogP contribution in [0.5, 0.6) is 0 Å². The Balaban J connectivity index is 1.22. The molecule has 3 fully saturated rings. The number of carbonyl (C=O) groups excluding carboxylic acids is 2. The number of amides is 2. The lowest BCUT2D eigenvalue weighted by Gasteiger charge is -2.41. The Morgan fingerprint density at radius 1 is 0.938 bits per heavy atom. The van der Waals surface area contributed by atoms with E-state index in [9.17, 15) is 9.59 Å². The summed E-state index contributed by atoms with van der Waals surface area (Å²) in [4.78, 5) is 27.5. The van der Waals surface area contributed by atoms with E-state index in [0.29, 0.717) is 11.8 Å². The van der Waals surface area contributed by atoms with Crippen LogP contribution in [0.1, 0.15) is 65.9 Å². The maximum Gasteiger partial charge on any atom is 0.253 e. The van der Waals surface area contributed by atoms with Gasteiger partial charge in [-0.05, 0) is 67.2 Å². The zero-order valence-corrected chi connectivity index (χ0v) is 18.6. The minimum absolute atomic E-state index is 0.130. The van der Waals surface area contributed by atoms with E-state index in [1.807, 2.05) is 17.0 Å². The smallest absolute Gasteiger partial charge is 0.253 e. The summed E-state index contributed by atoms with van der Waals surface area (Å²) in [6, 6.07) is 19.0. The molecule has 3 atom stereocenters.